The van der Waals surface area contributed by atoms with Crippen molar-refractivity contribution >= 4 is 11.8 Å². The average Bonchev–Trinajstić information content (AvgIpc) is 3.04. The number of amides is 2. The molecule has 1 aliphatic rings. The highest BCUT2D eigenvalue weighted by molar-refractivity contribution is 5.94. The van der Waals surface area contributed by atoms with Gasteiger partial charge >= 0.3 is 0 Å². The second kappa shape index (κ2) is 6.51. The number of carbonyl (C=O) groups is 2. The van der Waals surface area contributed by atoms with E-state index in [-0.39, 0.29) is 24.5 Å². The van der Waals surface area contributed by atoms with Crippen LogP contribution in [0.3, 0.4) is 0 Å². The summed E-state index contributed by atoms with van der Waals surface area (Å²) >= 11 is 0. The number of ether oxygens (including phenoxy) is 1. The normalized spacial score (nSPS) is 18.0. The smallest absolute Gasteiger partial charge is 0.272 e. The van der Waals surface area contributed by atoms with Gasteiger partial charge in [0.15, 0.2) is 0 Å². The minimum absolute atomic E-state index is 0.0544. The molecule has 1 aliphatic heterocycles. The Bertz CT molecular complexity index is 472. The van der Waals surface area contributed by atoms with Crippen LogP contribution in [0.4, 0.5) is 0 Å². The highest BCUT2D eigenvalue weighted by Crippen LogP contribution is 2.10. The average molecular weight is 280 g/mol. The van der Waals surface area contributed by atoms with Gasteiger partial charge in [0.1, 0.15) is 5.69 Å². The number of aryl methyl sites for hydroxylation is 2. The number of hydrogen-bond donors (Lipinski definition) is 2. The molecule has 2 rings (SSSR count). The van der Waals surface area contributed by atoms with E-state index in [0.29, 0.717) is 12.2 Å². The SMILES string of the molecule is Cc1cc(C(=O)NCC(=O)NCC2CCCO2)nn1C. The molecule has 110 valence electrons. The molecular weight excluding hydrogens is 260 g/mol. The van der Waals surface area contributed by atoms with Gasteiger partial charge in [-0.25, -0.2) is 0 Å². The predicted molar refractivity (Wildman–Crippen MR) is 72.3 cm³/mol. The Morgan fingerprint density at radius 3 is 2.90 bits per heavy atom. The van der Waals surface area contributed by atoms with E-state index in [0.717, 1.165) is 25.1 Å². The third-order valence-electron chi connectivity index (χ3n) is 3.31. The van der Waals surface area contributed by atoms with E-state index in [2.05, 4.69) is 15.7 Å². The lowest BCUT2D eigenvalue weighted by Gasteiger charge is -2.10. The molecule has 7 heteroatoms. The summed E-state index contributed by atoms with van der Waals surface area (Å²) in [5.74, 6) is -0.567. The number of nitrogens with one attached hydrogen (secondary N) is 2. The summed E-state index contributed by atoms with van der Waals surface area (Å²) < 4.78 is 7.02. The zero-order valence-corrected chi connectivity index (χ0v) is 11.8. The highest BCUT2D eigenvalue weighted by atomic mass is 16.5. The topological polar surface area (TPSA) is 85.2 Å². The molecule has 0 saturated carbocycles. The molecule has 2 N–H and O–H groups in total. The second-order valence-corrected chi connectivity index (χ2v) is 4.92. The molecule has 0 radical (unpaired) electrons. The van der Waals surface area contributed by atoms with Gasteiger partial charge in [-0.1, -0.05) is 0 Å². The van der Waals surface area contributed by atoms with Crippen molar-refractivity contribution < 1.29 is 14.3 Å². The minimum atomic E-state index is -0.346. The van der Waals surface area contributed by atoms with Crippen molar-refractivity contribution in [1.82, 2.24) is 20.4 Å². The van der Waals surface area contributed by atoms with Gasteiger partial charge < -0.3 is 15.4 Å². The second-order valence-electron chi connectivity index (χ2n) is 4.92. The largest absolute Gasteiger partial charge is 0.376 e. The monoisotopic (exact) mass is 280 g/mol. The van der Waals surface area contributed by atoms with E-state index in [1.54, 1.807) is 17.8 Å². The first-order valence-electron chi connectivity index (χ1n) is 6.73. The first-order valence-corrected chi connectivity index (χ1v) is 6.73. The number of rotatable bonds is 5. The molecule has 7 nitrogen and oxygen atoms in total. The van der Waals surface area contributed by atoms with Crippen molar-refractivity contribution in [3.05, 3.63) is 17.5 Å². The maximum atomic E-state index is 11.8. The minimum Gasteiger partial charge on any atom is -0.376 e. The fourth-order valence-electron chi connectivity index (χ4n) is 2.02. The van der Waals surface area contributed by atoms with Crippen LogP contribution in [0.15, 0.2) is 6.07 Å². The van der Waals surface area contributed by atoms with Crippen LogP contribution >= 0.6 is 0 Å². The number of nitrogens with zero attached hydrogens (tertiary/aromatic N) is 2. The van der Waals surface area contributed by atoms with Gasteiger partial charge in [0.25, 0.3) is 5.91 Å². The van der Waals surface area contributed by atoms with E-state index < -0.39 is 0 Å². The van der Waals surface area contributed by atoms with Crippen LogP contribution in [-0.4, -0.2) is 47.4 Å². The Labute approximate surface area is 117 Å². The first kappa shape index (κ1) is 14.5. The Morgan fingerprint density at radius 2 is 2.30 bits per heavy atom. The zero-order valence-electron chi connectivity index (χ0n) is 11.8. The lowest BCUT2D eigenvalue weighted by Crippen LogP contribution is -2.40. The Hall–Kier alpha value is -1.89. The van der Waals surface area contributed by atoms with Crippen molar-refractivity contribution in [3.63, 3.8) is 0 Å². The third-order valence-corrected chi connectivity index (χ3v) is 3.31. The van der Waals surface area contributed by atoms with Crippen LogP contribution in [0.2, 0.25) is 0 Å². The van der Waals surface area contributed by atoms with Crippen LogP contribution in [-0.2, 0) is 16.6 Å². The Balaban J connectivity index is 1.71. The molecule has 2 heterocycles. The molecule has 0 spiro atoms. The number of hydrogen-bond acceptors (Lipinski definition) is 4. The van der Waals surface area contributed by atoms with Crippen LogP contribution in [0.1, 0.15) is 29.0 Å². The third kappa shape index (κ3) is 3.80. The standard InChI is InChI=1S/C13H20N4O3/c1-9-6-11(16-17(9)2)13(19)15-8-12(18)14-7-10-4-3-5-20-10/h6,10H,3-5,7-8H2,1-2H3,(H,14,18)(H,15,19). The Morgan fingerprint density at radius 1 is 1.50 bits per heavy atom. The van der Waals surface area contributed by atoms with Gasteiger partial charge in [-0.2, -0.15) is 5.10 Å². The van der Waals surface area contributed by atoms with Crippen LogP contribution in [0.25, 0.3) is 0 Å². The maximum Gasteiger partial charge on any atom is 0.272 e. The summed E-state index contributed by atoms with van der Waals surface area (Å²) in [7, 11) is 1.76. The van der Waals surface area contributed by atoms with Gasteiger partial charge in [-0.15, -0.1) is 0 Å². The molecular formula is C13H20N4O3. The molecule has 1 saturated heterocycles. The molecule has 1 atom stereocenters. The first-order chi connectivity index (χ1) is 9.56. The summed E-state index contributed by atoms with van der Waals surface area (Å²) in [6.45, 7) is 3.06. The quantitative estimate of drug-likeness (QED) is 0.779. The molecule has 0 aliphatic carbocycles. The summed E-state index contributed by atoms with van der Waals surface area (Å²) in [4.78, 5) is 23.4. The van der Waals surface area contributed by atoms with Crippen molar-refractivity contribution in [1.29, 1.82) is 0 Å². The highest BCUT2D eigenvalue weighted by Gasteiger charge is 2.17. The fraction of sp³-hybridized carbons (Fsp3) is 0.615. The summed E-state index contributed by atoms with van der Waals surface area (Å²) in [6, 6.07) is 1.68. The molecule has 1 unspecified atom stereocenters. The van der Waals surface area contributed by atoms with E-state index in [4.69, 9.17) is 4.74 Å². The van der Waals surface area contributed by atoms with Crippen molar-refractivity contribution in [2.24, 2.45) is 7.05 Å². The molecule has 1 fully saturated rings. The molecule has 20 heavy (non-hydrogen) atoms. The van der Waals surface area contributed by atoms with Crippen LogP contribution in [0, 0.1) is 6.92 Å². The zero-order chi connectivity index (χ0) is 14.5. The van der Waals surface area contributed by atoms with E-state index in [9.17, 15) is 9.59 Å². The number of carbonyl (C=O) groups excluding carboxylic acids is 2. The summed E-state index contributed by atoms with van der Waals surface area (Å²) in [5, 5.41) is 9.34. The molecule has 0 bridgehead atoms. The van der Waals surface area contributed by atoms with Gasteiger partial charge in [-0.05, 0) is 25.8 Å². The van der Waals surface area contributed by atoms with Crippen molar-refractivity contribution in [2.75, 3.05) is 19.7 Å². The van der Waals surface area contributed by atoms with E-state index in [1.165, 1.54) is 0 Å². The lowest BCUT2D eigenvalue weighted by atomic mass is 10.2. The number of aromatic nitrogens is 2. The van der Waals surface area contributed by atoms with Gasteiger partial charge in [0, 0.05) is 25.9 Å². The maximum absolute atomic E-state index is 11.8. The molecule has 2 amide bonds. The summed E-state index contributed by atoms with van der Waals surface area (Å²) in [6.07, 6.45) is 2.11. The molecule has 1 aromatic heterocycles. The van der Waals surface area contributed by atoms with Gasteiger partial charge in [0.2, 0.25) is 5.91 Å². The van der Waals surface area contributed by atoms with Crippen molar-refractivity contribution in [3.8, 4) is 0 Å². The van der Waals surface area contributed by atoms with Gasteiger partial charge in [-0.3, -0.25) is 14.3 Å². The van der Waals surface area contributed by atoms with Crippen molar-refractivity contribution in [2.45, 2.75) is 25.9 Å². The van der Waals surface area contributed by atoms with Gasteiger partial charge in [0.05, 0.1) is 12.6 Å². The predicted octanol–water partition coefficient (Wildman–Crippen LogP) is -0.246. The lowest BCUT2D eigenvalue weighted by molar-refractivity contribution is -0.120. The van der Waals surface area contributed by atoms with E-state index in [1.807, 2.05) is 6.92 Å². The van der Waals surface area contributed by atoms with Crippen LogP contribution in [0.5, 0.6) is 0 Å². The Kier molecular flexibility index (Phi) is 4.73. The molecule has 1 aromatic rings. The fourth-order valence-corrected chi connectivity index (χ4v) is 2.02. The molecule has 0 aromatic carbocycles. The van der Waals surface area contributed by atoms with Crippen LogP contribution < -0.4 is 10.6 Å². The summed E-state index contributed by atoms with van der Waals surface area (Å²) in [5.41, 5.74) is 1.20. The van der Waals surface area contributed by atoms with E-state index >= 15 is 0 Å².